The molecule has 0 heterocycles. The molecular weight excluding hydrogens is 351 g/mol. The van der Waals surface area contributed by atoms with Gasteiger partial charge in [-0.15, -0.1) is 0 Å². The molecule has 118 valence electrons. The van der Waals surface area contributed by atoms with Gasteiger partial charge in [0.15, 0.2) is 0 Å². The molecule has 2 rings (SSSR count). The van der Waals surface area contributed by atoms with Gasteiger partial charge in [0.25, 0.3) is 0 Å². The Morgan fingerprint density at radius 1 is 1.17 bits per heavy atom. The average molecular weight is 365 g/mol. The maximum atomic E-state index is 11.9. The summed E-state index contributed by atoms with van der Waals surface area (Å²) in [5.74, 6) is 1.40. The third-order valence-electron chi connectivity index (χ3n) is 3.00. The first-order valence-corrected chi connectivity index (χ1v) is 8.81. The number of nitrogens with zero attached hydrogens (tertiary/aromatic N) is 1. The second-order valence-corrected chi connectivity index (χ2v) is 6.71. The van der Waals surface area contributed by atoms with Crippen molar-refractivity contribution in [3.8, 4) is 6.07 Å². The molecule has 0 aromatic heterocycles. The van der Waals surface area contributed by atoms with Gasteiger partial charge in [0.05, 0.1) is 21.7 Å². The standard InChI is InChI=1S/C17H14Cl2N2OS/c18-15-5-4-13(9-16(15)19)11-23-7-6-17(22)21-14-3-1-2-12(8-14)10-20/h1-5,8-9H,6-7,11H2,(H,21,22). The molecule has 0 aliphatic rings. The SMILES string of the molecule is N#Cc1cccc(NC(=O)CCSCc2ccc(Cl)c(Cl)c2)c1. The molecule has 2 aromatic carbocycles. The topological polar surface area (TPSA) is 52.9 Å². The van der Waals surface area contributed by atoms with Crippen LogP contribution in [-0.2, 0) is 10.5 Å². The maximum absolute atomic E-state index is 11.9. The summed E-state index contributed by atoms with van der Waals surface area (Å²) in [5, 5.41) is 12.7. The Kier molecular flexibility index (Phi) is 6.79. The number of amides is 1. The maximum Gasteiger partial charge on any atom is 0.225 e. The van der Waals surface area contributed by atoms with Gasteiger partial charge >= 0.3 is 0 Å². The van der Waals surface area contributed by atoms with E-state index in [1.165, 1.54) is 0 Å². The smallest absolute Gasteiger partial charge is 0.225 e. The van der Waals surface area contributed by atoms with Crippen molar-refractivity contribution in [3.05, 3.63) is 63.6 Å². The lowest BCUT2D eigenvalue weighted by Crippen LogP contribution is -2.12. The summed E-state index contributed by atoms with van der Waals surface area (Å²) in [4.78, 5) is 11.9. The van der Waals surface area contributed by atoms with Crippen LogP contribution in [0, 0.1) is 11.3 Å². The predicted octanol–water partition coefficient (Wildman–Crippen LogP) is 5.13. The molecule has 0 unspecified atom stereocenters. The fourth-order valence-electron chi connectivity index (χ4n) is 1.87. The highest BCUT2D eigenvalue weighted by molar-refractivity contribution is 7.98. The van der Waals surface area contributed by atoms with Crippen molar-refractivity contribution >= 4 is 46.6 Å². The van der Waals surface area contributed by atoms with E-state index in [1.54, 1.807) is 42.1 Å². The number of carbonyl (C=O) groups excluding carboxylic acids is 1. The van der Waals surface area contributed by atoms with Crippen molar-refractivity contribution in [1.29, 1.82) is 5.26 Å². The Balaban J connectivity index is 1.74. The van der Waals surface area contributed by atoms with Crippen LogP contribution < -0.4 is 5.32 Å². The van der Waals surface area contributed by atoms with Crippen LogP contribution in [0.25, 0.3) is 0 Å². The minimum Gasteiger partial charge on any atom is -0.326 e. The first kappa shape index (κ1) is 17.7. The summed E-state index contributed by atoms with van der Waals surface area (Å²) < 4.78 is 0. The highest BCUT2D eigenvalue weighted by Gasteiger charge is 2.04. The highest BCUT2D eigenvalue weighted by Crippen LogP contribution is 2.24. The molecule has 0 aliphatic heterocycles. The lowest BCUT2D eigenvalue weighted by atomic mass is 10.2. The van der Waals surface area contributed by atoms with Crippen LogP contribution in [0.1, 0.15) is 17.5 Å². The zero-order valence-electron chi connectivity index (χ0n) is 12.2. The number of anilines is 1. The Hall–Kier alpha value is -1.67. The molecule has 0 radical (unpaired) electrons. The fourth-order valence-corrected chi connectivity index (χ4v) is 3.08. The zero-order valence-corrected chi connectivity index (χ0v) is 14.5. The molecule has 0 saturated heterocycles. The first-order valence-electron chi connectivity index (χ1n) is 6.90. The van der Waals surface area contributed by atoms with Gasteiger partial charge in [-0.3, -0.25) is 4.79 Å². The largest absolute Gasteiger partial charge is 0.326 e. The van der Waals surface area contributed by atoms with Crippen molar-refractivity contribution in [2.24, 2.45) is 0 Å². The Morgan fingerprint density at radius 2 is 2.00 bits per heavy atom. The van der Waals surface area contributed by atoms with Gasteiger partial charge in [-0.1, -0.05) is 35.3 Å². The quantitative estimate of drug-likeness (QED) is 0.723. The summed E-state index contributed by atoms with van der Waals surface area (Å²) in [5.41, 5.74) is 2.24. The van der Waals surface area contributed by atoms with E-state index in [9.17, 15) is 4.79 Å². The highest BCUT2D eigenvalue weighted by atomic mass is 35.5. The summed E-state index contributed by atoms with van der Waals surface area (Å²) in [6.07, 6.45) is 0.406. The lowest BCUT2D eigenvalue weighted by Gasteiger charge is -2.06. The van der Waals surface area contributed by atoms with Gasteiger partial charge in [-0.25, -0.2) is 0 Å². The summed E-state index contributed by atoms with van der Waals surface area (Å²) >= 11 is 13.5. The van der Waals surface area contributed by atoms with Gasteiger partial charge in [0.2, 0.25) is 5.91 Å². The third kappa shape index (κ3) is 5.80. The van der Waals surface area contributed by atoms with Crippen molar-refractivity contribution < 1.29 is 4.79 Å². The molecule has 0 fully saturated rings. The van der Waals surface area contributed by atoms with Gasteiger partial charge in [0, 0.05) is 23.6 Å². The first-order chi connectivity index (χ1) is 11.1. The number of benzene rings is 2. The second-order valence-electron chi connectivity index (χ2n) is 4.79. The van der Waals surface area contributed by atoms with E-state index >= 15 is 0 Å². The van der Waals surface area contributed by atoms with Crippen LogP contribution in [0.4, 0.5) is 5.69 Å². The van der Waals surface area contributed by atoms with Crippen LogP contribution in [0.3, 0.4) is 0 Å². The van der Waals surface area contributed by atoms with Gasteiger partial charge in [-0.05, 0) is 35.9 Å². The van der Waals surface area contributed by atoms with E-state index in [0.29, 0.717) is 33.5 Å². The molecule has 0 atom stereocenters. The molecule has 6 heteroatoms. The van der Waals surface area contributed by atoms with Crippen LogP contribution in [-0.4, -0.2) is 11.7 Å². The van der Waals surface area contributed by atoms with E-state index in [-0.39, 0.29) is 5.91 Å². The number of rotatable bonds is 6. The summed E-state index contributed by atoms with van der Waals surface area (Å²) in [6.45, 7) is 0. The van der Waals surface area contributed by atoms with E-state index in [4.69, 9.17) is 28.5 Å². The fraction of sp³-hybridized carbons (Fsp3) is 0.176. The van der Waals surface area contributed by atoms with Crippen molar-refractivity contribution in [2.75, 3.05) is 11.1 Å². The van der Waals surface area contributed by atoms with Crippen molar-refractivity contribution in [1.82, 2.24) is 0 Å². The minimum atomic E-state index is -0.0678. The number of hydrogen-bond acceptors (Lipinski definition) is 3. The number of hydrogen-bond donors (Lipinski definition) is 1. The molecule has 3 nitrogen and oxygen atoms in total. The van der Waals surface area contributed by atoms with E-state index in [0.717, 1.165) is 11.3 Å². The van der Waals surface area contributed by atoms with Gasteiger partial charge in [-0.2, -0.15) is 17.0 Å². The van der Waals surface area contributed by atoms with Crippen LogP contribution in [0.5, 0.6) is 0 Å². The number of nitriles is 1. The average Bonchev–Trinajstić information content (AvgIpc) is 2.55. The number of nitrogens with one attached hydrogen (secondary N) is 1. The monoisotopic (exact) mass is 364 g/mol. The van der Waals surface area contributed by atoms with Crippen LogP contribution in [0.15, 0.2) is 42.5 Å². The molecular formula is C17H14Cl2N2OS. The molecule has 2 aromatic rings. The molecule has 0 saturated carbocycles. The molecule has 23 heavy (non-hydrogen) atoms. The lowest BCUT2D eigenvalue weighted by molar-refractivity contribution is -0.115. The van der Waals surface area contributed by atoms with Gasteiger partial charge in [0.1, 0.15) is 0 Å². The van der Waals surface area contributed by atoms with E-state index < -0.39 is 0 Å². The van der Waals surface area contributed by atoms with E-state index in [1.807, 2.05) is 18.2 Å². The normalized spacial score (nSPS) is 10.1. The van der Waals surface area contributed by atoms with Crippen molar-refractivity contribution in [2.45, 2.75) is 12.2 Å². The summed E-state index contributed by atoms with van der Waals surface area (Å²) in [7, 11) is 0. The van der Waals surface area contributed by atoms with Crippen LogP contribution >= 0.6 is 35.0 Å². The molecule has 0 bridgehead atoms. The zero-order chi connectivity index (χ0) is 16.7. The summed E-state index contributed by atoms with van der Waals surface area (Å²) in [6, 6.07) is 14.4. The van der Waals surface area contributed by atoms with E-state index in [2.05, 4.69) is 5.32 Å². The molecule has 0 aliphatic carbocycles. The molecule has 1 amide bonds. The molecule has 1 N–H and O–H groups in total. The predicted molar refractivity (Wildman–Crippen MR) is 97.0 cm³/mol. The van der Waals surface area contributed by atoms with Crippen LogP contribution in [0.2, 0.25) is 10.0 Å². The number of halogens is 2. The Bertz CT molecular complexity index is 744. The minimum absolute atomic E-state index is 0.0678. The Labute approximate surface area is 149 Å². The molecule has 0 spiro atoms. The second kappa shape index (κ2) is 8.83. The Morgan fingerprint density at radius 3 is 2.74 bits per heavy atom. The number of carbonyl (C=O) groups is 1. The number of thioether (sulfide) groups is 1. The van der Waals surface area contributed by atoms with Crippen molar-refractivity contribution in [3.63, 3.8) is 0 Å². The third-order valence-corrected chi connectivity index (χ3v) is 4.77. The van der Waals surface area contributed by atoms with Gasteiger partial charge < -0.3 is 5.32 Å².